The van der Waals surface area contributed by atoms with E-state index in [1.807, 2.05) is 0 Å². The van der Waals surface area contributed by atoms with Gasteiger partial charge in [0, 0.05) is 12.4 Å². The number of rotatable bonds is 1. The van der Waals surface area contributed by atoms with E-state index in [0.29, 0.717) is 0 Å². The molecule has 1 rings (SSSR count). The minimum Gasteiger partial charge on any atom is -0.476 e. The van der Waals surface area contributed by atoms with Gasteiger partial charge in [0.05, 0.1) is 0 Å². The van der Waals surface area contributed by atoms with Crippen LogP contribution in [0.25, 0.3) is 0 Å². The number of hydrogen-bond acceptors (Lipinski definition) is 4. The van der Waals surface area contributed by atoms with Crippen LogP contribution in [0.1, 0.15) is 0 Å². The van der Waals surface area contributed by atoms with Gasteiger partial charge in [0.15, 0.2) is 0 Å². The highest BCUT2D eigenvalue weighted by Crippen LogP contribution is 2.03. The number of aliphatic hydroxyl groups is 1. The molecule has 1 aliphatic rings. The quantitative estimate of drug-likeness (QED) is 0.434. The Morgan fingerprint density at radius 1 is 1.70 bits per heavy atom. The molecular formula is C5H6N2O3. The zero-order chi connectivity index (χ0) is 7.61. The number of nitrogens with zero attached hydrogens (tertiary/aromatic N) is 1. The lowest BCUT2D eigenvalue weighted by atomic mass is 10.4. The Labute approximate surface area is 56.7 Å². The van der Waals surface area contributed by atoms with Crippen LogP contribution in [0.15, 0.2) is 17.3 Å². The van der Waals surface area contributed by atoms with E-state index in [1.165, 1.54) is 18.5 Å². The molecule has 0 fully saturated rings. The van der Waals surface area contributed by atoms with Crippen molar-refractivity contribution >= 4 is 12.2 Å². The zero-order valence-electron chi connectivity index (χ0n) is 4.98. The second-order valence-electron chi connectivity index (χ2n) is 1.76. The number of carbonyl (C=O) groups is 1. The molecule has 0 aromatic carbocycles. The van der Waals surface area contributed by atoms with Crippen molar-refractivity contribution in [1.29, 1.82) is 0 Å². The number of nitrogens with one attached hydrogen (secondary N) is 1. The summed E-state index contributed by atoms with van der Waals surface area (Å²) in [6.45, 7) is 0. The summed E-state index contributed by atoms with van der Waals surface area (Å²) in [5, 5.41) is 19.5. The van der Waals surface area contributed by atoms with Gasteiger partial charge in [-0.2, -0.15) is 0 Å². The lowest BCUT2D eigenvalue weighted by Crippen LogP contribution is -2.49. The molecule has 1 aliphatic heterocycles. The maximum atomic E-state index is 10.2. The number of hydrogen-bond donors (Lipinski definition) is 3. The van der Waals surface area contributed by atoms with Gasteiger partial charge in [-0.3, -0.25) is 0 Å². The molecule has 0 aromatic rings. The summed E-state index contributed by atoms with van der Waals surface area (Å²) in [5.74, 6) is -3.59. The molecule has 54 valence electrons. The van der Waals surface area contributed by atoms with Crippen LogP contribution < -0.4 is 5.32 Å². The summed E-state index contributed by atoms with van der Waals surface area (Å²) in [6.07, 6.45) is 4.00. The first kappa shape index (κ1) is 6.76. The van der Waals surface area contributed by atoms with Crippen LogP contribution in [0.2, 0.25) is 0 Å². The molecule has 0 bridgehead atoms. The molecule has 1 unspecified atom stereocenters. The standard InChI is InChI=1S/C5H6N2O3/c8-4(9)5(10)6-2-1-3-7-5/h1-3,6,10H,(H,8,9). The van der Waals surface area contributed by atoms with Gasteiger partial charge in [0.1, 0.15) is 0 Å². The van der Waals surface area contributed by atoms with Crippen molar-refractivity contribution in [3.8, 4) is 0 Å². The molecule has 1 heterocycles. The largest absolute Gasteiger partial charge is 0.476 e. The molecule has 5 heteroatoms. The van der Waals surface area contributed by atoms with Crippen LogP contribution >= 0.6 is 0 Å². The first-order valence-electron chi connectivity index (χ1n) is 2.59. The summed E-state index contributed by atoms with van der Waals surface area (Å²) in [6, 6.07) is 0. The summed E-state index contributed by atoms with van der Waals surface area (Å²) < 4.78 is 0. The number of aliphatic imine (C=N–C) groups is 1. The molecule has 0 saturated heterocycles. The minimum absolute atomic E-state index is 1.21. The Hall–Kier alpha value is -1.36. The Balaban J connectivity index is 2.80. The van der Waals surface area contributed by atoms with Crippen LogP contribution in [0.5, 0.6) is 0 Å². The van der Waals surface area contributed by atoms with E-state index in [-0.39, 0.29) is 0 Å². The van der Waals surface area contributed by atoms with Gasteiger partial charge in [0.25, 0.3) is 0 Å². The van der Waals surface area contributed by atoms with Gasteiger partial charge in [0.2, 0.25) is 0 Å². The molecule has 5 nitrogen and oxygen atoms in total. The molecule has 0 radical (unpaired) electrons. The molecule has 0 spiro atoms. The molecule has 0 amide bonds. The van der Waals surface area contributed by atoms with E-state index in [0.717, 1.165) is 0 Å². The zero-order valence-corrected chi connectivity index (χ0v) is 4.98. The molecule has 3 N–H and O–H groups in total. The lowest BCUT2D eigenvalue weighted by Gasteiger charge is -2.19. The number of carboxylic acid groups (broad SMARTS) is 1. The average molecular weight is 142 g/mol. The Kier molecular flexibility index (Phi) is 1.42. The van der Waals surface area contributed by atoms with Crippen LogP contribution in [0.4, 0.5) is 0 Å². The molecule has 1 atom stereocenters. The van der Waals surface area contributed by atoms with Gasteiger partial charge < -0.3 is 15.5 Å². The third-order valence-corrected chi connectivity index (χ3v) is 1.03. The van der Waals surface area contributed by atoms with E-state index in [1.54, 1.807) is 0 Å². The van der Waals surface area contributed by atoms with E-state index in [9.17, 15) is 4.79 Å². The predicted molar refractivity (Wildman–Crippen MR) is 33.4 cm³/mol. The molecule has 0 aliphatic carbocycles. The topological polar surface area (TPSA) is 81.9 Å². The molecule has 0 saturated carbocycles. The van der Waals surface area contributed by atoms with Crippen molar-refractivity contribution in [3.05, 3.63) is 12.3 Å². The smallest absolute Gasteiger partial charge is 0.382 e. The van der Waals surface area contributed by atoms with Crippen LogP contribution in [0, 0.1) is 0 Å². The predicted octanol–water partition coefficient (Wildman–Crippen LogP) is -1.10. The lowest BCUT2D eigenvalue weighted by molar-refractivity contribution is -0.159. The molecular weight excluding hydrogens is 136 g/mol. The highest BCUT2D eigenvalue weighted by Gasteiger charge is 2.34. The Bertz CT molecular complexity index is 211. The van der Waals surface area contributed by atoms with Crippen molar-refractivity contribution in [2.45, 2.75) is 5.85 Å². The summed E-state index contributed by atoms with van der Waals surface area (Å²) in [4.78, 5) is 13.5. The second kappa shape index (κ2) is 2.11. The van der Waals surface area contributed by atoms with Crippen molar-refractivity contribution < 1.29 is 15.0 Å². The van der Waals surface area contributed by atoms with E-state index in [4.69, 9.17) is 10.2 Å². The van der Waals surface area contributed by atoms with Crippen LogP contribution in [-0.2, 0) is 4.79 Å². The number of allylic oxidation sites excluding steroid dienone is 1. The van der Waals surface area contributed by atoms with Crippen molar-refractivity contribution in [2.75, 3.05) is 0 Å². The van der Waals surface area contributed by atoms with Gasteiger partial charge in [-0.1, -0.05) is 0 Å². The summed E-state index contributed by atoms with van der Waals surface area (Å²) in [7, 11) is 0. The van der Waals surface area contributed by atoms with Gasteiger partial charge in [-0.15, -0.1) is 0 Å². The first-order valence-corrected chi connectivity index (χ1v) is 2.59. The third-order valence-electron chi connectivity index (χ3n) is 1.03. The highest BCUT2D eigenvalue weighted by atomic mass is 16.4. The SMILES string of the molecule is O=C(O)C1(O)N=CC=CN1. The van der Waals surface area contributed by atoms with Crippen molar-refractivity contribution in [1.82, 2.24) is 5.32 Å². The van der Waals surface area contributed by atoms with Crippen molar-refractivity contribution in [2.24, 2.45) is 4.99 Å². The first-order chi connectivity index (χ1) is 4.65. The maximum absolute atomic E-state index is 10.2. The molecule has 10 heavy (non-hydrogen) atoms. The van der Waals surface area contributed by atoms with E-state index in [2.05, 4.69) is 10.3 Å². The maximum Gasteiger partial charge on any atom is 0.382 e. The number of aliphatic carboxylic acids is 1. The molecule has 0 aromatic heterocycles. The van der Waals surface area contributed by atoms with Crippen LogP contribution in [-0.4, -0.2) is 28.2 Å². The fourth-order valence-electron chi connectivity index (χ4n) is 0.512. The van der Waals surface area contributed by atoms with E-state index >= 15 is 0 Å². The second-order valence-corrected chi connectivity index (χ2v) is 1.76. The fourth-order valence-corrected chi connectivity index (χ4v) is 0.512. The minimum atomic E-state index is -2.17. The van der Waals surface area contributed by atoms with Gasteiger partial charge in [-0.05, 0) is 6.08 Å². The normalized spacial score (nSPS) is 29.7. The summed E-state index contributed by atoms with van der Waals surface area (Å²) >= 11 is 0. The fraction of sp³-hybridized carbons (Fsp3) is 0.200. The number of carboxylic acids is 1. The Morgan fingerprint density at radius 2 is 2.40 bits per heavy atom. The summed E-state index contributed by atoms with van der Waals surface area (Å²) in [5.41, 5.74) is 0. The monoisotopic (exact) mass is 142 g/mol. The van der Waals surface area contributed by atoms with Crippen molar-refractivity contribution in [3.63, 3.8) is 0 Å². The highest BCUT2D eigenvalue weighted by molar-refractivity contribution is 5.82. The van der Waals surface area contributed by atoms with E-state index < -0.39 is 11.8 Å². The Morgan fingerprint density at radius 3 is 2.70 bits per heavy atom. The van der Waals surface area contributed by atoms with Gasteiger partial charge in [-0.25, -0.2) is 9.79 Å². The van der Waals surface area contributed by atoms with Crippen LogP contribution in [0.3, 0.4) is 0 Å². The average Bonchev–Trinajstić information content (AvgIpc) is 1.89. The van der Waals surface area contributed by atoms with Gasteiger partial charge >= 0.3 is 11.8 Å². The third kappa shape index (κ3) is 0.985.